The molecule has 7 heteroatoms. The van der Waals surface area contributed by atoms with Gasteiger partial charge in [0.05, 0.1) is 18.1 Å². The van der Waals surface area contributed by atoms with Gasteiger partial charge >= 0.3 is 5.97 Å². The van der Waals surface area contributed by atoms with Gasteiger partial charge in [-0.3, -0.25) is 14.5 Å². The van der Waals surface area contributed by atoms with Gasteiger partial charge in [-0.25, -0.2) is 0 Å². The maximum Gasteiger partial charge on any atom is 0.312 e. The van der Waals surface area contributed by atoms with E-state index in [2.05, 4.69) is 4.90 Å². The second kappa shape index (κ2) is 7.91. The molecule has 3 aliphatic heterocycles. The van der Waals surface area contributed by atoms with Crippen LogP contribution in [0.5, 0.6) is 5.75 Å². The Morgan fingerprint density at radius 2 is 1.96 bits per heavy atom. The van der Waals surface area contributed by atoms with E-state index in [1.54, 1.807) is 30.2 Å². The summed E-state index contributed by atoms with van der Waals surface area (Å²) in [6.07, 6.45) is 4.52. The average Bonchev–Trinajstić information content (AvgIpc) is 3.30. The molecule has 28 heavy (non-hydrogen) atoms. The highest BCUT2D eigenvalue weighted by Gasteiger charge is 2.51. The third-order valence-electron chi connectivity index (χ3n) is 6.39. The first-order chi connectivity index (χ1) is 13.5. The van der Waals surface area contributed by atoms with E-state index < -0.39 is 5.41 Å². The third-order valence-corrected chi connectivity index (χ3v) is 6.62. The van der Waals surface area contributed by atoms with Crippen LogP contribution in [0.3, 0.4) is 0 Å². The lowest BCUT2D eigenvalue weighted by atomic mass is 9.76. The minimum absolute atomic E-state index is 0.0131. The lowest BCUT2D eigenvalue weighted by molar-refractivity contribution is -0.150. The van der Waals surface area contributed by atoms with Crippen LogP contribution in [-0.4, -0.2) is 67.6 Å². The number of likely N-dealkylation sites (tertiary alicyclic amines) is 2. The van der Waals surface area contributed by atoms with E-state index >= 15 is 0 Å². The van der Waals surface area contributed by atoms with Crippen molar-refractivity contribution in [1.82, 2.24) is 9.80 Å². The van der Waals surface area contributed by atoms with E-state index in [1.807, 2.05) is 0 Å². The topological polar surface area (TPSA) is 59.1 Å². The first-order valence-electron chi connectivity index (χ1n) is 10.1. The molecule has 3 heterocycles. The van der Waals surface area contributed by atoms with Crippen molar-refractivity contribution in [3.63, 3.8) is 0 Å². The number of halogens is 1. The van der Waals surface area contributed by atoms with Gasteiger partial charge in [-0.05, 0) is 57.0 Å². The predicted octanol–water partition coefficient (Wildman–Crippen LogP) is 2.98. The minimum atomic E-state index is -0.431. The van der Waals surface area contributed by atoms with Gasteiger partial charge in [0, 0.05) is 31.1 Å². The summed E-state index contributed by atoms with van der Waals surface area (Å²) in [4.78, 5) is 29.8. The van der Waals surface area contributed by atoms with Gasteiger partial charge in [-0.15, -0.1) is 0 Å². The molecule has 0 bridgehead atoms. The first kappa shape index (κ1) is 19.5. The number of carbonyl (C=O) groups is 2. The van der Waals surface area contributed by atoms with Crippen molar-refractivity contribution >= 4 is 23.5 Å². The number of hydrogen-bond donors (Lipinski definition) is 0. The third kappa shape index (κ3) is 3.72. The summed E-state index contributed by atoms with van der Waals surface area (Å²) in [6, 6.07) is 5.05. The second-order valence-electron chi connectivity index (χ2n) is 8.16. The molecular formula is C21H27ClN2O4. The molecule has 0 aliphatic carbocycles. The molecular weight excluding hydrogens is 380 g/mol. The fourth-order valence-corrected chi connectivity index (χ4v) is 4.93. The van der Waals surface area contributed by atoms with Crippen LogP contribution in [-0.2, 0) is 9.53 Å². The molecule has 1 amide bonds. The number of carbonyl (C=O) groups excluding carboxylic acids is 2. The quantitative estimate of drug-likeness (QED) is 0.719. The molecule has 0 saturated carbocycles. The monoisotopic (exact) mass is 406 g/mol. The highest BCUT2D eigenvalue weighted by Crippen LogP contribution is 2.43. The molecule has 3 saturated heterocycles. The van der Waals surface area contributed by atoms with E-state index in [9.17, 15) is 9.59 Å². The van der Waals surface area contributed by atoms with Gasteiger partial charge in [0.15, 0.2) is 0 Å². The molecule has 1 aromatic carbocycles. The van der Waals surface area contributed by atoms with Crippen molar-refractivity contribution in [2.75, 3.05) is 39.8 Å². The van der Waals surface area contributed by atoms with E-state index in [4.69, 9.17) is 21.1 Å². The predicted molar refractivity (Wildman–Crippen MR) is 106 cm³/mol. The average molecular weight is 407 g/mol. The molecule has 1 unspecified atom stereocenters. The molecule has 0 N–H and O–H groups in total. The van der Waals surface area contributed by atoms with Gasteiger partial charge in [-0.2, -0.15) is 0 Å². The Morgan fingerprint density at radius 1 is 1.25 bits per heavy atom. The molecule has 1 spiro atoms. The van der Waals surface area contributed by atoms with Crippen LogP contribution >= 0.6 is 11.6 Å². The van der Waals surface area contributed by atoms with Crippen molar-refractivity contribution in [1.29, 1.82) is 0 Å². The summed E-state index contributed by atoms with van der Waals surface area (Å²) in [6.45, 7) is 4.13. The summed E-state index contributed by atoms with van der Waals surface area (Å²) < 4.78 is 11.0. The Kier molecular flexibility index (Phi) is 5.52. The highest BCUT2D eigenvalue weighted by atomic mass is 35.5. The smallest absolute Gasteiger partial charge is 0.312 e. The standard InChI is InChI=1S/C21H27ClN2O4/c1-27-18-5-4-15(22)12-17(18)19(25)24-10-6-21(7-11-24)13-16(28-20(21)26)14-23-8-2-3-9-23/h4-5,12,16H,2-3,6-11,13-14H2,1H3. The van der Waals surface area contributed by atoms with Gasteiger partial charge in [0.1, 0.15) is 11.9 Å². The summed E-state index contributed by atoms with van der Waals surface area (Å²) in [5.74, 6) is 0.332. The summed E-state index contributed by atoms with van der Waals surface area (Å²) >= 11 is 6.07. The number of piperidine rings is 1. The first-order valence-corrected chi connectivity index (χ1v) is 10.4. The Morgan fingerprint density at radius 3 is 2.64 bits per heavy atom. The molecule has 6 nitrogen and oxygen atoms in total. The zero-order valence-electron chi connectivity index (χ0n) is 16.3. The molecule has 152 valence electrons. The van der Waals surface area contributed by atoms with Crippen molar-refractivity contribution in [2.45, 2.75) is 38.2 Å². The van der Waals surface area contributed by atoms with Gasteiger partial charge in [-0.1, -0.05) is 11.6 Å². The second-order valence-corrected chi connectivity index (χ2v) is 8.59. The molecule has 0 aromatic heterocycles. The van der Waals surface area contributed by atoms with Crippen molar-refractivity contribution in [3.8, 4) is 5.75 Å². The van der Waals surface area contributed by atoms with E-state index in [0.29, 0.717) is 42.3 Å². The SMILES string of the molecule is COc1ccc(Cl)cc1C(=O)N1CCC2(CC1)CC(CN1CCCC1)OC2=O. The molecule has 3 aliphatic rings. The van der Waals surface area contributed by atoms with Crippen LogP contribution in [0.15, 0.2) is 18.2 Å². The molecule has 1 aromatic rings. The van der Waals surface area contributed by atoms with Crippen LogP contribution in [0.25, 0.3) is 0 Å². The van der Waals surface area contributed by atoms with Crippen LogP contribution in [0.4, 0.5) is 0 Å². The number of rotatable bonds is 4. The van der Waals surface area contributed by atoms with Gasteiger partial charge in [0.2, 0.25) is 0 Å². The number of benzene rings is 1. The maximum absolute atomic E-state index is 13.0. The number of ether oxygens (including phenoxy) is 2. The summed E-state index contributed by atoms with van der Waals surface area (Å²) in [7, 11) is 1.54. The number of nitrogens with zero attached hydrogens (tertiary/aromatic N) is 2. The zero-order chi connectivity index (χ0) is 19.7. The minimum Gasteiger partial charge on any atom is -0.496 e. The number of amides is 1. The lowest BCUT2D eigenvalue weighted by Crippen LogP contribution is -2.45. The van der Waals surface area contributed by atoms with Crippen LogP contribution in [0.2, 0.25) is 5.02 Å². The highest BCUT2D eigenvalue weighted by molar-refractivity contribution is 6.31. The van der Waals surface area contributed by atoms with Crippen LogP contribution in [0.1, 0.15) is 42.5 Å². The van der Waals surface area contributed by atoms with E-state index in [1.165, 1.54) is 12.8 Å². The number of hydrogen-bond acceptors (Lipinski definition) is 5. The fraction of sp³-hybridized carbons (Fsp3) is 0.619. The Bertz CT molecular complexity index is 755. The Labute approximate surface area is 170 Å². The number of esters is 1. The number of methoxy groups -OCH3 is 1. The fourth-order valence-electron chi connectivity index (χ4n) is 4.76. The normalized spacial score (nSPS) is 24.6. The van der Waals surface area contributed by atoms with Gasteiger partial charge < -0.3 is 14.4 Å². The van der Waals surface area contributed by atoms with Crippen molar-refractivity contribution in [2.24, 2.45) is 5.41 Å². The van der Waals surface area contributed by atoms with Crippen molar-refractivity contribution in [3.05, 3.63) is 28.8 Å². The number of cyclic esters (lactones) is 1. The van der Waals surface area contributed by atoms with E-state index in [0.717, 1.165) is 26.1 Å². The molecule has 0 radical (unpaired) electrons. The Balaban J connectivity index is 1.39. The summed E-state index contributed by atoms with van der Waals surface area (Å²) in [5.41, 5.74) is 0.0337. The van der Waals surface area contributed by atoms with Gasteiger partial charge in [0.25, 0.3) is 5.91 Å². The molecule has 4 rings (SSSR count). The molecule has 1 atom stereocenters. The molecule has 3 fully saturated rings. The van der Waals surface area contributed by atoms with Crippen molar-refractivity contribution < 1.29 is 19.1 Å². The maximum atomic E-state index is 13.0. The van der Waals surface area contributed by atoms with Crippen LogP contribution in [0, 0.1) is 5.41 Å². The van der Waals surface area contributed by atoms with Crippen LogP contribution < -0.4 is 4.74 Å². The zero-order valence-corrected chi connectivity index (χ0v) is 17.0. The Hall–Kier alpha value is -1.79. The van der Waals surface area contributed by atoms with E-state index in [-0.39, 0.29) is 18.0 Å². The summed E-state index contributed by atoms with van der Waals surface area (Å²) in [5, 5.41) is 0.502. The lowest BCUT2D eigenvalue weighted by Gasteiger charge is -2.36. The largest absolute Gasteiger partial charge is 0.496 e.